The molecule has 0 saturated carbocycles. The molecular formula is C14H16BrNOS. The Labute approximate surface area is 120 Å². The lowest BCUT2D eigenvalue weighted by Crippen LogP contribution is -2.10. The fourth-order valence-electron chi connectivity index (χ4n) is 1.53. The molecule has 4 heteroatoms. The lowest BCUT2D eigenvalue weighted by molar-refractivity contribution is 0.463. The van der Waals surface area contributed by atoms with Crippen LogP contribution in [0.2, 0.25) is 0 Å². The summed E-state index contributed by atoms with van der Waals surface area (Å²) in [6, 6.07) is 12.4. The van der Waals surface area contributed by atoms with Crippen LogP contribution in [0.5, 0.6) is 0 Å². The molecule has 0 fully saturated rings. The lowest BCUT2D eigenvalue weighted by Gasteiger charge is -2.00. The Morgan fingerprint density at radius 3 is 2.56 bits per heavy atom. The third-order valence-electron chi connectivity index (χ3n) is 2.46. The summed E-state index contributed by atoms with van der Waals surface area (Å²) in [7, 11) is 0. The summed E-state index contributed by atoms with van der Waals surface area (Å²) in [6.45, 7) is 3.86. The summed E-state index contributed by atoms with van der Waals surface area (Å²) < 4.78 is 6.85. The topological polar surface area (TPSA) is 25.2 Å². The molecule has 2 aromatic rings. The maximum atomic E-state index is 5.74. The standard InChI is InChI=1S/C14H16BrNOS/c1-2-16-9-12-5-6-13(17-12)10-18-14-7-3-11(15)4-8-14/h3-8,16H,2,9-10H2,1H3. The molecular weight excluding hydrogens is 310 g/mol. The fraction of sp³-hybridized carbons (Fsp3) is 0.286. The molecule has 18 heavy (non-hydrogen) atoms. The van der Waals surface area contributed by atoms with Crippen LogP contribution in [0.4, 0.5) is 0 Å². The van der Waals surface area contributed by atoms with Crippen LogP contribution in [-0.4, -0.2) is 6.54 Å². The number of furan rings is 1. The molecule has 0 aliphatic rings. The zero-order valence-corrected chi connectivity index (χ0v) is 12.7. The summed E-state index contributed by atoms with van der Waals surface area (Å²) in [5.41, 5.74) is 0. The number of rotatable bonds is 6. The van der Waals surface area contributed by atoms with Gasteiger partial charge in [-0.1, -0.05) is 22.9 Å². The van der Waals surface area contributed by atoms with Crippen molar-refractivity contribution in [2.45, 2.75) is 24.1 Å². The van der Waals surface area contributed by atoms with E-state index < -0.39 is 0 Å². The molecule has 1 N–H and O–H groups in total. The molecule has 2 nitrogen and oxygen atoms in total. The third kappa shape index (κ3) is 4.19. The first kappa shape index (κ1) is 13.7. The molecule has 1 aromatic carbocycles. The van der Waals surface area contributed by atoms with Crippen LogP contribution in [0.25, 0.3) is 0 Å². The summed E-state index contributed by atoms with van der Waals surface area (Å²) in [5, 5.41) is 3.25. The average Bonchev–Trinajstić information content (AvgIpc) is 2.84. The van der Waals surface area contributed by atoms with Crippen molar-refractivity contribution in [3.05, 3.63) is 52.4 Å². The highest BCUT2D eigenvalue weighted by atomic mass is 79.9. The van der Waals surface area contributed by atoms with Gasteiger partial charge in [-0.15, -0.1) is 11.8 Å². The average molecular weight is 326 g/mol. The fourth-order valence-corrected chi connectivity index (χ4v) is 2.59. The number of hydrogen-bond donors (Lipinski definition) is 1. The molecule has 0 atom stereocenters. The van der Waals surface area contributed by atoms with Crippen molar-refractivity contribution in [2.24, 2.45) is 0 Å². The summed E-state index contributed by atoms with van der Waals surface area (Å²) in [6.07, 6.45) is 0. The molecule has 0 aliphatic heterocycles. The number of halogens is 1. The highest BCUT2D eigenvalue weighted by Crippen LogP contribution is 2.25. The first-order chi connectivity index (χ1) is 8.78. The molecule has 0 spiro atoms. The van der Waals surface area contributed by atoms with E-state index in [-0.39, 0.29) is 0 Å². The van der Waals surface area contributed by atoms with Crippen LogP contribution in [0.1, 0.15) is 18.4 Å². The van der Waals surface area contributed by atoms with Crippen molar-refractivity contribution in [1.82, 2.24) is 5.32 Å². The van der Waals surface area contributed by atoms with Crippen molar-refractivity contribution in [1.29, 1.82) is 0 Å². The van der Waals surface area contributed by atoms with Crippen LogP contribution in [0.3, 0.4) is 0 Å². The van der Waals surface area contributed by atoms with Gasteiger partial charge in [0.25, 0.3) is 0 Å². The molecule has 1 heterocycles. The largest absolute Gasteiger partial charge is 0.464 e. The predicted molar refractivity (Wildman–Crippen MR) is 79.8 cm³/mol. The minimum absolute atomic E-state index is 0.805. The maximum Gasteiger partial charge on any atom is 0.117 e. The number of hydrogen-bond acceptors (Lipinski definition) is 3. The van der Waals surface area contributed by atoms with E-state index in [0.717, 1.165) is 34.8 Å². The van der Waals surface area contributed by atoms with E-state index in [2.05, 4.69) is 58.5 Å². The smallest absolute Gasteiger partial charge is 0.117 e. The van der Waals surface area contributed by atoms with Gasteiger partial charge in [-0.3, -0.25) is 0 Å². The monoisotopic (exact) mass is 325 g/mol. The van der Waals surface area contributed by atoms with Crippen LogP contribution < -0.4 is 5.32 Å². The second-order valence-electron chi connectivity index (χ2n) is 3.89. The minimum Gasteiger partial charge on any atom is -0.464 e. The first-order valence-corrected chi connectivity index (χ1v) is 7.72. The second-order valence-corrected chi connectivity index (χ2v) is 5.86. The van der Waals surface area contributed by atoms with Crippen molar-refractivity contribution in [3.8, 4) is 0 Å². The van der Waals surface area contributed by atoms with Crippen molar-refractivity contribution >= 4 is 27.7 Å². The van der Waals surface area contributed by atoms with Crippen LogP contribution >= 0.6 is 27.7 Å². The Kier molecular flexibility index (Phi) is 5.35. The van der Waals surface area contributed by atoms with Crippen molar-refractivity contribution in [2.75, 3.05) is 6.54 Å². The molecule has 0 aliphatic carbocycles. The Hall–Kier alpha value is -0.710. The highest BCUT2D eigenvalue weighted by molar-refractivity contribution is 9.10. The SMILES string of the molecule is CCNCc1ccc(CSc2ccc(Br)cc2)o1. The molecule has 0 unspecified atom stereocenters. The maximum absolute atomic E-state index is 5.74. The van der Waals surface area contributed by atoms with E-state index in [1.807, 2.05) is 6.07 Å². The zero-order valence-electron chi connectivity index (χ0n) is 10.3. The van der Waals surface area contributed by atoms with Gasteiger partial charge < -0.3 is 9.73 Å². The summed E-state index contributed by atoms with van der Waals surface area (Å²) in [4.78, 5) is 1.25. The summed E-state index contributed by atoms with van der Waals surface area (Å²) >= 11 is 5.22. The van der Waals surface area contributed by atoms with Crippen molar-refractivity contribution < 1.29 is 4.42 Å². The number of nitrogens with one attached hydrogen (secondary N) is 1. The highest BCUT2D eigenvalue weighted by Gasteiger charge is 2.02. The predicted octanol–water partition coefficient (Wildman–Crippen LogP) is 4.44. The van der Waals surface area contributed by atoms with Gasteiger partial charge in [-0.05, 0) is 42.9 Å². The van der Waals surface area contributed by atoms with E-state index in [1.54, 1.807) is 11.8 Å². The van der Waals surface area contributed by atoms with Crippen LogP contribution in [0, 0.1) is 0 Å². The Morgan fingerprint density at radius 2 is 1.83 bits per heavy atom. The number of benzene rings is 1. The quantitative estimate of drug-likeness (QED) is 0.794. The molecule has 1 aromatic heterocycles. The molecule has 0 radical (unpaired) electrons. The van der Waals surface area contributed by atoms with Gasteiger partial charge >= 0.3 is 0 Å². The Balaban J connectivity index is 1.86. The van der Waals surface area contributed by atoms with Crippen LogP contribution in [-0.2, 0) is 12.3 Å². The van der Waals surface area contributed by atoms with Gasteiger partial charge in [0.1, 0.15) is 11.5 Å². The zero-order chi connectivity index (χ0) is 12.8. The lowest BCUT2D eigenvalue weighted by atomic mass is 10.4. The van der Waals surface area contributed by atoms with Crippen LogP contribution in [0.15, 0.2) is 50.2 Å². The molecule has 0 bridgehead atoms. The van der Waals surface area contributed by atoms with E-state index in [9.17, 15) is 0 Å². The van der Waals surface area contributed by atoms with E-state index in [1.165, 1.54) is 4.90 Å². The Morgan fingerprint density at radius 1 is 1.11 bits per heavy atom. The van der Waals surface area contributed by atoms with E-state index >= 15 is 0 Å². The number of thioether (sulfide) groups is 1. The molecule has 2 rings (SSSR count). The van der Waals surface area contributed by atoms with Gasteiger partial charge in [-0.25, -0.2) is 0 Å². The van der Waals surface area contributed by atoms with Gasteiger partial charge in [0, 0.05) is 9.37 Å². The van der Waals surface area contributed by atoms with Gasteiger partial charge in [-0.2, -0.15) is 0 Å². The first-order valence-electron chi connectivity index (χ1n) is 5.94. The van der Waals surface area contributed by atoms with Gasteiger partial charge in [0.15, 0.2) is 0 Å². The van der Waals surface area contributed by atoms with Gasteiger partial charge in [0.2, 0.25) is 0 Å². The molecule has 0 saturated heterocycles. The molecule has 0 amide bonds. The van der Waals surface area contributed by atoms with Gasteiger partial charge in [0.05, 0.1) is 12.3 Å². The Bertz CT molecular complexity index is 481. The third-order valence-corrected chi connectivity index (χ3v) is 4.02. The second kappa shape index (κ2) is 7.02. The van der Waals surface area contributed by atoms with Crippen molar-refractivity contribution in [3.63, 3.8) is 0 Å². The minimum atomic E-state index is 0.805. The van der Waals surface area contributed by atoms with E-state index in [0.29, 0.717) is 0 Å². The molecule has 96 valence electrons. The normalized spacial score (nSPS) is 10.8. The van der Waals surface area contributed by atoms with E-state index in [4.69, 9.17) is 4.42 Å². The summed E-state index contributed by atoms with van der Waals surface area (Å²) in [5.74, 6) is 2.90.